The fraction of sp³-hybridized carbons (Fsp3) is 0.200. The first kappa shape index (κ1) is 12.4. The van der Waals surface area contributed by atoms with E-state index in [0.29, 0.717) is 0 Å². The molecule has 0 aliphatic heterocycles. The fourth-order valence-electron chi connectivity index (χ4n) is 1.73. The molecule has 88 valence electrons. The van der Waals surface area contributed by atoms with E-state index in [1.54, 1.807) is 0 Å². The maximum atomic E-state index is 5.98. The highest BCUT2D eigenvalue weighted by Gasteiger charge is 2.08. The largest absolute Gasteiger partial charge is 0.486 e. The van der Waals surface area contributed by atoms with Gasteiger partial charge < -0.3 is 4.74 Å². The summed E-state index contributed by atoms with van der Waals surface area (Å²) in [6.45, 7) is 4.15. The molecule has 2 aromatic rings. The van der Waals surface area contributed by atoms with E-state index >= 15 is 0 Å². The Hall–Kier alpha value is -1.03. The molecule has 0 spiro atoms. The molecule has 0 aliphatic rings. The van der Waals surface area contributed by atoms with E-state index in [4.69, 9.17) is 4.74 Å². The molecule has 0 aliphatic carbocycles. The van der Waals surface area contributed by atoms with Crippen LogP contribution in [-0.2, 0) is 0 Å². The van der Waals surface area contributed by atoms with Crippen molar-refractivity contribution in [2.75, 3.05) is 0 Å². The van der Waals surface area contributed by atoms with Crippen molar-refractivity contribution in [2.24, 2.45) is 0 Å². The molecule has 0 unspecified atom stereocenters. The van der Waals surface area contributed by atoms with Gasteiger partial charge in [-0.2, -0.15) is 0 Å². The Balaban J connectivity index is 2.16. The van der Waals surface area contributed by atoms with Crippen molar-refractivity contribution in [3.8, 4) is 5.75 Å². The van der Waals surface area contributed by atoms with Crippen molar-refractivity contribution in [1.82, 2.24) is 0 Å². The van der Waals surface area contributed by atoms with Crippen LogP contribution < -0.4 is 4.74 Å². The van der Waals surface area contributed by atoms with E-state index in [9.17, 15) is 0 Å². The Labute approximate surface area is 116 Å². The molecule has 0 radical (unpaired) electrons. The van der Waals surface area contributed by atoms with Gasteiger partial charge in [0.1, 0.15) is 11.9 Å². The van der Waals surface area contributed by atoms with E-state index in [0.717, 1.165) is 5.75 Å². The third-order valence-electron chi connectivity index (χ3n) is 2.71. The minimum absolute atomic E-state index is 0.0787. The predicted octanol–water partition coefficient (Wildman–Crippen LogP) is 4.74. The van der Waals surface area contributed by atoms with Crippen molar-refractivity contribution < 1.29 is 4.74 Å². The lowest BCUT2D eigenvalue weighted by Gasteiger charge is -2.16. The molecule has 0 saturated carbocycles. The first-order valence-corrected chi connectivity index (χ1v) is 6.72. The molecule has 0 bridgehead atoms. The average molecular weight is 338 g/mol. The first-order valence-electron chi connectivity index (χ1n) is 5.64. The summed E-state index contributed by atoms with van der Waals surface area (Å²) < 4.78 is 7.22. The summed E-state index contributed by atoms with van der Waals surface area (Å²) in [7, 11) is 0. The number of halogens is 1. The van der Waals surface area contributed by atoms with Crippen molar-refractivity contribution in [1.29, 1.82) is 0 Å². The van der Waals surface area contributed by atoms with Crippen molar-refractivity contribution >= 4 is 22.6 Å². The SMILES string of the molecule is Cc1cc(I)ccc1O[C@H](C)c1ccccc1. The smallest absolute Gasteiger partial charge is 0.123 e. The lowest BCUT2D eigenvalue weighted by atomic mass is 10.1. The van der Waals surface area contributed by atoms with Gasteiger partial charge in [0, 0.05) is 3.57 Å². The molecular weight excluding hydrogens is 323 g/mol. The average Bonchev–Trinajstić information content (AvgIpc) is 2.34. The lowest BCUT2D eigenvalue weighted by Crippen LogP contribution is -2.03. The molecule has 17 heavy (non-hydrogen) atoms. The molecule has 0 N–H and O–H groups in total. The number of hydrogen-bond donors (Lipinski definition) is 0. The van der Waals surface area contributed by atoms with Crippen molar-refractivity contribution in [3.63, 3.8) is 0 Å². The number of benzene rings is 2. The number of aryl methyl sites for hydroxylation is 1. The second-order valence-corrected chi connectivity index (χ2v) is 5.33. The molecule has 0 heterocycles. The van der Waals surface area contributed by atoms with Gasteiger partial charge in [0.05, 0.1) is 0 Å². The Morgan fingerprint density at radius 1 is 1.06 bits per heavy atom. The van der Waals surface area contributed by atoms with Crippen LogP contribution in [-0.4, -0.2) is 0 Å². The predicted molar refractivity (Wildman–Crippen MR) is 79.4 cm³/mol. The van der Waals surface area contributed by atoms with Crippen LogP contribution in [0.5, 0.6) is 5.75 Å². The monoisotopic (exact) mass is 338 g/mol. The van der Waals surface area contributed by atoms with Crippen LogP contribution in [0.1, 0.15) is 24.2 Å². The Kier molecular flexibility index (Phi) is 4.05. The molecule has 0 saturated heterocycles. The van der Waals surface area contributed by atoms with Gasteiger partial charge in [-0.3, -0.25) is 0 Å². The highest BCUT2D eigenvalue weighted by atomic mass is 127. The van der Waals surface area contributed by atoms with Crippen molar-refractivity contribution in [2.45, 2.75) is 20.0 Å². The highest BCUT2D eigenvalue weighted by molar-refractivity contribution is 14.1. The molecule has 1 nitrogen and oxygen atoms in total. The summed E-state index contributed by atoms with van der Waals surface area (Å²) in [5.74, 6) is 0.960. The highest BCUT2D eigenvalue weighted by Crippen LogP contribution is 2.25. The standard InChI is InChI=1S/C15H15IO/c1-11-10-14(16)8-9-15(11)17-12(2)13-6-4-3-5-7-13/h3-10,12H,1-2H3/t12-/m1/s1. The van der Waals surface area contributed by atoms with Crippen molar-refractivity contribution in [3.05, 3.63) is 63.2 Å². The first-order chi connectivity index (χ1) is 8.16. The van der Waals surface area contributed by atoms with Gasteiger partial charge in [0.2, 0.25) is 0 Å². The van der Waals surface area contributed by atoms with Crippen LogP contribution in [0, 0.1) is 10.5 Å². The summed E-state index contributed by atoms with van der Waals surface area (Å²) >= 11 is 2.31. The molecule has 2 heteroatoms. The zero-order chi connectivity index (χ0) is 12.3. The van der Waals surface area contributed by atoms with E-state index in [-0.39, 0.29) is 6.10 Å². The summed E-state index contributed by atoms with van der Waals surface area (Å²) in [5.41, 5.74) is 2.38. The second kappa shape index (κ2) is 5.54. The van der Waals surface area contributed by atoms with E-state index in [1.807, 2.05) is 24.3 Å². The molecule has 2 aromatic carbocycles. The maximum absolute atomic E-state index is 5.98. The molecule has 0 amide bonds. The number of rotatable bonds is 3. The molecule has 1 atom stereocenters. The Morgan fingerprint density at radius 2 is 1.76 bits per heavy atom. The topological polar surface area (TPSA) is 9.23 Å². The summed E-state index contributed by atoms with van der Waals surface area (Å²) in [6.07, 6.45) is 0.0787. The van der Waals surface area contributed by atoms with Crippen LogP contribution in [0.15, 0.2) is 48.5 Å². The van der Waals surface area contributed by atoms with Crippen LogP contribution in [0.2, 0.25) is 0 Å². The quantitative estimate of drug-likeness (QED) is 0.735. The fourth-order valence-corrected chi connectivity index (χ4v) is 2.37. The second-order valence-electron chi connectivity index (χ2n) is 4.08. The van der Waals surface area contributed by atoms with Crippen LogP contribution >= 0.6 is 22.6 Å². The maximum Gasteiger partial charge on any atom is 0.123 e. The van der Waals surface area contributed by atoms with Gasteiger partial charge in [-0.1, -0.05) is 30.3 Å². The van der Waals surface area contributed by atoms with Crippen LogP contribution in [0.4, 0.5) is 0 Å². The van der Waals surface area contributed by atoms with E-state index in [2.05, 4.69) is 60.7 Å². The van der Waals surface area contributed by atoms with Gasteiger partial charge in [-0.05, 0) is 65.8 Å². The third-order valence-corrected chi connectivity index (χ3v) is 3.38. The molecular formula is C15H15IO. The minimum atomic E-state index is 0.0787. The van der Waals surface area contributed by atoms with Crippen LogP contribution in [0.3, 0.4) is 0 Å². The van der Waals surface area contributed by atoms with Gasteiger partial charge in [-0.25, -0.2) is 0 Å². The Bertz CT molecular complexity index is 494. The lowest BCUT2D eigenvalue weighted by molar-refractivity contribution is 0.225. The zero-order valence-corrected chi connectivity index (χ0v) is 12.1. The number of ether oxygens (including phenoxy) is 1. The van der Waals surface area contributed by atoms with Gasteiger partial charge in [0.15, 0.2) is 0 Å². The summed E-state index contributed by atoms with van der Waals surface area (Å²) in [4.78, 5) is 0. The summed E-state index contributed by atoms with van der Waals surface area (Å²) in [5, 5.41) is 0. The van der Waals surface area contributed by atoms with Gasteiger partial charge in [-0.15, -0.1) is 0 Å². The zero-order valence-electron chi connectivity index (χ0n) is 9.98. The minimum Gasteiger partial charge on any atom is -0.486 e. The number of hydrogen-bond acceptors (Lipinski definition) is 1. The van der Waals surface area contributed by atoms with Gasteiger partial charge in [0.25, 0.3) is 0 Å². The van der Waals surface area contributed by atoms with E-state index < -0.39 is 0 Å². The van der Waals surface area contributed by atoms with Crippen LogP contribution in [0.25, 0.3) is 0 Å². The molecule has 0 fully saturated rings. The Morgan fingerprint density at radius 3 is 2.41 bits per heavy atom. The normalized spacial score (nSPS) is 12.2. The molecule has 0 aromatic heterocycles. The summed E-state index contributed by atoms with van der Waals surface area (Å²) in [6, 6.07) is 16.5. The van der Waals surface area contributed by atoms with E-state index in [1.165, 1.54) is 14.7 Å². The third kappa shape index (κ3) is 3.22. The van der Waals surface area contributed by atoms with Gasteiger partial charge >= 0.3 is 0 Å². The molecule has 2 rings (SSSR count).